The van der Waals surface area contributed by atoms with Crippen LogP contribution in [0.25, 0.3) is 0 Å². The van der Waals surface area contributed by atoms with Crippen LogP contribution in [0.5, 0.6) is 0 Å². The van der Waals surface area contributed by atoms with Gasteiger partial charge in [-0.3, -0.25) is 9.48 Å². The van der Waals surface area contributed by atoms with Gasteiger partial charge in [0, 0.05) is 12.7 Å². The number of anilines is 2. The van der Waals surface area contributed by atoms with E-state index in [0.717, 1.165) is 5.56 Å². The predicted octanol–water partition coefficient (Wildman–Crippen LogP) is 1.26. The first kappa shape index (κ1) is 13.6. The van der Waals surface area contributed by atoms with E-state index in [4.69, 9.17) is 10.8 Å². The highest BCUT2D eigenvalue weighted by atomic mass is 16.4. The summed E-state index contributed by atoms with van der Waals surface area (Å²) >= 11 is 0. The third kappa shape index (κ3) is 2.46. The van der Waals surface area contributed by atoms with Gasteiger partial charge in [0.1, 0.15) is 11.4 Å². The lowest BCUT2D eigenvalue weighted by Crippen LogP contribution is -2.15. The molecule has 104 valence electrons. The summed E-state index contributed by atoms with van der Waals surface area (Å²) in [7, 11) is 1.63. The van der Waals surface area contributed by atoms with Crippen LogP contribution in [0.1, 0.15) is 26.3 Å². The van der Waals surface area contributed by atoms with Gasteiger partial charge in [-0.05, 0) is 24.6 Å². The van der Waals surface area contributed by atoms with Crippen molar-refractivity contribution in [1.82, 2.24) is 9.78 Å². The second kappa shape index (κ2) is 5.04. The van der Waals surface area contributed by atoms with E-state index in [2.05, 4.69) is 10.4 Å². The van der Waals surface area contributed by atoms with Crippen molar-refractivity contribution >= 4 is 23.4 Å². The summed E-state index contributed by atoms with van der Waals surface area (Å²) in [6.45, 7) is 1.77. The predicted molar refractivity (Wildman–Crippen MR) is 73.7 cm³/mol. The largest absolute Gasteiger partial charge is 0.478 e. The molecule has 0 radical (unpaired) electrons. The van der Waals surface area contributed by atoms with Gasteiger partial charge in [-0.2, -0.15) is 5.10 Å². The van der Waals surface area contributed by atoms with Crippen molar-refractivity contribution in [2.24, 2.45) is 7.05 Å². The van der Waals surface area contributed by atoms with Crippen molar-refractivity contribution in [2.45, 2.75) is 6.92 Å². The van der Waals surface area contributed by atoms with Gasteiger partial charge in [0.2, 0.25) is 0 Å². The van der Waals surface area contributed by atoms with Gasteiger partial charge in [0.05, 0.1) is 11.8 Å². The SMILES string of the molecule is Cc1ccc(C(=O)O)cc1NC(=O)c1cnn(C)c1N. The zero-order valence-electron chi connectivity index (χ0n) is 11.0. The Morgan fingerprint density at radius 2 is 2.10 bits per heavy atom. The first-order valence-electron chi connectivity index (χ1n) is 5.83. The highest BCUT2D eigenvalue weighted by molar-refractivity contribution is 6.07. The minimum atomic E-state index is -1.05. The van der Waals surface area contributed by atoms with E-state index >= 15 is 0 Å². The number of nitrogens with zero attached hydrogens (tertiary/aromatic N) is 2. The van der Waals surface area contributed by atoms with E-state index in [1.165, 1.54) is 23.0 Å². The third-order valence-corrected chi connectivity index (χ3v) is 2.96. The first-order valence-corrected chi connectivity index (χ1v) is 5.83. The minimum Gasteiger partial charge on any atom is -0.478 e. The summed E-state index contributed by atoms with van der Waals surface area (Å²) in [6.07, 6.45) is 1.36. The van der Waals surface area contributed by atoms with E-state index in [-0.39, 0.29) is 16.9 Å². The molecule has 0 fully saturated rings. The fourth-order valence-electron chi connectivity index (χ4n) is 1.70. The number of carboxylic acid groups (broad SMARTS) is 1. The number of nitrogen functional groups attached to an aromatic ring is 1. The number of nitrogens with one attached hydrogen (secondary N) is 1. The summed E-state index contributed by atoms with van der Waals surface area (Å²) in [6, 6.07) is 4.51. The molecule has 0 saturated carbocycles. The molecule has 1 heterocycles. The van der Waals surface area contributed by atoms with Crippen LogP contribution in [-0.2, 0) is 7.05 Å². The van der Waals surface area contributed by atoms with Crippen molar-refractivity contribution in [3.05, 3.63) is 41.1 Å². The Kier molecular flexibility index (Phi) is 3.43. The molecule has 0 bridgehead atoms. The number of aromatic carboxylic acids is 1. The van der Waals surface area contributed by atoms with Gasteiger partial charge in [0.15, 0.2) is 0 Å². The zero-order valence-corrected chi connectivity index (χ0v) is 11.0. The van der Waals surface area contributed by atoms with Crippen LogP contribution in [0.4, 0.5) is 11.5 Å². The maximum absolute atomic E-state index is 12.1. The van der Waals surface area contributed by atoms with Gasteiger partial charge >= 0.3 is 5.97 Å². The highest BCUT2D eigenvalue weighted by Gasteiger charge is 2.15. The summed E-state index contributed by atoms with van der Waals surface area (Å²) in [5, 5.41) is 15.5. The van der Waals surface area contributed by atoms with Gasteiger partial charge in [-0.15, -0.1) is 0 Å². The molecule has 0 aliphatic carbocycles. The normalized spacial score (nSPS) is 10.3. The summed E-state index contributed by atoms with van der Waals surface area (Å²) in [5.41, 5.74) is 7.25. The molecule has 2 aromatic rings. The fraction of sp³-hybridized carbons (Fsp3) is 0.154. The van der Waals surface area contributed by atoms with Crippen LogP contribution in [0.3, 0.4) is 0 Å². The van der Waals surface area contributed by atoms with Crippen LogP contribution >= 0.6 is 0 Å². The molecule has 20 heavy (non-hydrogen) atoms. The number of carbonyl (C=O) groups excluding carboxylic acids is 1. The number of amides is 1. The third-order valence-electron chi connectivity index (χ3n) is 2.96. The number of carbonyl (C=O) groups is 2. The van der Waals surface area contributed by atoms with Gasteiger partial charge in [0.25, 0.3) is 5.91 Å². The van der Waals surface area contributed by atoms with Gasteiger partial charge in [-0.1, -0.05) is 6.07 Å². The molecule has 1 amide bonds. The number of hydrogen-bond acceptors (Lipinski definition) is 4. The molecule has 7 heteroatoms. The number of aryl methyl sites for hydroxylation is 2. The number of nitrogens with two attached hydrogens (primary N) is 1. The number of benzene rings is 1. The zero-order chi connectivity index (χ0) is 14.9. The Morgan fingerprint density at radius 3 is 2.65 bits per heavy atom. The standard InChI is InChI=1S/C13H14N4O3/c1-7-3-4-8(13(19)20)5-10(7)16-12(18)9-6-15-17(2)11(9)14/h3-6H,14H2,1-2H3,(H,16,18)(H,19,20). The average Bonchev–Trinajstić information content (AvgIpc) is 2.72. The maximum atomic E-state index is 12.1. The van der Waals surface area contributed by atoms with E-state index in [9.17, 15) is 9.59 Å². The van der Waals surface area contributed by atoms with Gasteiger partial charge < -0.3 is 16.2 Å². The Labute approximate surface area is 115 Å². The van der Waals surface area contributed by atoms with Crippen LogP contribution < -0.4 is 11.1 Å². The molecule has 0 saturated heterocycles. The second-order valence-electron chi connectivity index (χ2n) is 4.36. The number of carboxylic acids is 1. The maximum Gasteiger partial charge on any atom is 0.335 e. The minimum absolute atomic E-state index is 0.102. The lowest BCUT2D eigenvalue weighted by Gasteiger charge is -2.09. The van der Waals surface area contributed by atoms with Crippen LogP contribution in [0.2, 0.25) is 0 Å². The van der Waals surface area contributed by atoms with E-state index in [1.807, 2.05) is 0 Å². The van der Waals surface area contributed by atoms with Crippen molar-refractivity contribution in [2.75, 3.05) is 11.1 Å². The van der Waals surface area contributed by atoms with Gasteiger partial charge in [-0.25, -0.2) is 4.79 Å². The molecular weight excluding hydrogens is 260 g/mol. The van der Waals surface area contributed by atoms with Crippen LogP contribution in [0.15, 0.2) is 24.4 Å². The molecule has 0 spiro atoms. The Hall–Kier alpha value is -2.83. The molecule has 7 nitrogen and oxygen atoms in total. The highest BCUT2D eigenvalue weighted by Crippen LogP contribution is 2.19. The smallest absolute Gasteiger partial charge is 0.335 e. The van der Waals surface area contributed by atoms with Crippen molar-refractivity contribution in [1.29, 1.82) is 0 Å². The topological polar surface area (TPSA) is 110 Å². The molecular formula is C13H14N4O3. The molecule has 2 rings (SSSR count). The Morgan fingerprint density at radius 1 is 1.40 bits per heavy atom. The summed E-state index contributed by atoms with van der Waals surface area (Å²) < 4.78 is 1.38. The average molecular weight is 274 g/mol. The van der Waals surface area contributed by atoms with E-state index < -0.39 is 11.9 Å². The number of rotatable bonds is 3. The molecule has 0 aliphatic rings. The monoisotopic (exact) mass is 274 g/mol. The second-order valence-corrected chi connectivity index (χ2v) is 4.36. The summed E-state index contributed by atoms with van der Waals surface area (Å²) in [4.78, 5) is 23.0. The van der Waals surface area contributed by atoms with Crippen molar-refractivity contribution < 1.29 is 14.7 Å². The van der Waals surface area contributed by atoms with Crippen LogP contribution in [-0.4, -0.2) is 26.8 Å². The quantitative estimate of drug-likeness (QED) is 0.780. The van der Waals surface area contributed by atoms with E-state index in [0.29, 0.717) is 5.69 Å². The van der Waals surface area contributed by atoms with E-state index in [1.54, 1.807) is 20.0 Å². The molecule has 1 aromatic heterocycles. The van der Waals surface area contributed by atoms with Crippen molar-refractivity contribution in [3.63, 3.8) is 0 Å². The lowest BCUT2D eigenvalue weighted by molar-refractivity contribution is 0.0696. The molecule has 4 N–H and O–H groups in total. The molecule has 0 atom stereocenters. The molecule has 1 aromatic carbocycles. The Bertz CT molecular complexity index is 691. The number of aromatic nitrogens is 2. The molecule has 0 unspecified atom stereocenters. The van der Waals surface area contributed by atoms with Crippen molar-refractivity contribution in [3.8, 4) is 0 Å². The van der Waals surface area contributed by atoms with Crippen LogP contribution in [0, 0.1) is 6.92 Å². The molecule has 0 aliphatic heterocycles. The Balaban J connectivity index is 2.30. The lowest BCUT2D eigenvalue weighted by atomic mass is 10.1. The fourth-order valence-corrected chi connectivity index (χ4v) is 1.70. The number of hydrogen-bond donors (Lipinski definition) is 3. The summed E-state index contributed by atoms with van der Waals surface area (Å²) in [5.74, 6) is -1.24. The first-order chi connectivity index (χ1) is 9.40.